The molecule has 0 bridgehead atoms. The molecule has 0 radical (unpaired) electrons. The van der Waals surface area contributed by atoms with E-state index in [0.29, 0.717) is 17.7 Å². The Kier molecular flexibility index (Phi) is 8.43. The summed E-state index contributed by atoms with van der Waals surface area (Å²) in [4.78, 5) is 0. The Morgan fingerprint density at radius 3 is 2.43 bits per heavy atom. The van der Waals surface area contributed by atoms with Crippen LogP contribution in [0.2, 0.25) is 0 Å². The molecule has 1 aromatic carbocycles. The van der Waals surface area contributed by atoms with Crippen LogP contribution >= 0.6 is 11.8 Å². The van der Waals surface area contributed by atoms with E-state index in [0.717, 1.165) is 19.3 Å². The predicted octanol–water partition coefficient (Wildman–Crippen LogP) is 2.90. The van der Waals surface area contributed by atoms with Gasteiger partial charge in [-0.2, -0.15) is 17.0 Å². The molecule has 0 aliphatic heterocycles. The first-order valence-electron chi connectivity index (χ1n) is 7.03. The van der Waals surface area contributed by atoms with Crippen molar-refractivity contribution in [1.29, 1.82) is 5.26 Å². The number of rotatable bonds is 10. The van der Waals surface area contributed by atoms with Gasteiger partial charge in [-0.25, -0.2) is 13.1 Å². The van der Waals surface area contributed by atoms with Gasteiger partial charge in [-0.15, -0.1) is 0 Å². The fourth-order valence-corrected chi connectivity index (χ4v) is 3.58. The van der Waals surface area contributed by atoms with Crippen molar-refractivity contribution in [2.45, 2.75) is 31.4 Å². The molecule has 0 aliphatic carbocycles. The molecule has 0 atom stereocenters. The Balaban J connectivity index is 2.28. The van der Waals surface area contributed by atoms with Crippen LogP contribution in [0.1, 0.15) is 36.8 Å². The molecule has 1 N–H and O–H groups in total. The van der Waals surface area contributed by atoms with Crippen LogP contribution in [-0.2, 0) is 15.8 Å². The van der Waals surface area contributed by atoms with Crippen molar-refractivity contribution >= 4 is 21.8 Å². The Bertz CT molecular complexity index is 548. The van der Waals surface area contributed by atoms with Gasteiger partial charge in [-0.1, -0.05) is 25.0 Å². The lowest BCUT2D eigenvalue weighted by molar-refractivity contribution is 0.573. The summed E-state index contributed by atoms with van der Waals surface area (Å²) in [6.07, 6.45) is 6.37. The van der Waals surface area contributed by atoms with Gasteiger partial charge in [-0.05, 0) is 42.5 Å². The lowest BCUT2D eigenvalue weighted by atomic mass is 10.2. The molecule has 1 rings (SSSR count). The Labute approximate surface area is 132 Å². The van der Waals surface area contributed by atoms with Gasteiger partial charge in [0.05, 0.1) is 17.4 Å². The number of sulfonamides is 1. The topological polar surface area (TPSA) is 70.0 Å². The van der Waals surface area contributed by atoms with Gasteiger partial charge in [0, 0.05) is 6.54 Å². The van der Waals surface area contributed by atoms with E-state index >= 15 is 0 Å². The number of nitriles is 1. The zero-order valence-corrected chi connectivity index (χ0v) is 14.0. The zero-order chi connectivity index (χ0) is 15.6. The SMILES string of the molecule is CSCCCCCCNS(=O)(=O)Cc1ccc(C#N)cc1. The maximum atomic E-state index is 11.9. The third-order valence-corrected chi connectivity index (χ3v) is 5.09. The molecule has 1 aromatic rings. The quantitative estimate of drug-likeness (QED) is 0.671. The smallest absolute Gasteiger partial charge is 0.215 e. The number of thioether (sulfide) groups is 1. The summed E-state index contributed by atoms with van der Waals surface area (Å²) in [5, 5.41) is 8.70. The van der Waals surface area contributed by atoms with E-state index < -0.39 is 10.0 Å². The molecule has 0 aromatic heterocycles. The van der Waals surface area contributed by atoms with Crippen LogP contribution < -0.4 is 4.72 Å². The van der Waals surface area contributed by atoms with Crippen LogP contribution in [0.4, 0.5) is 0 Å². The first-order chi connectivity index (χ1) is 10.1. The van der Waals surface area contributed by atoms with Crippen molar-refractivity contribution in [2.24, 2.45) is 0 Å². The first kappa shape index (κ1) is 18.0. The molecule has 0 spiro atoms. The fraction of sp³-hybridized carbons (Fsp3) is 0.533. The lowest BCUT2D eigenvalue weighted by Crippen LogP contribution is -2.26. The van der Waals surface area contributed by atoms with E-state index in [1.54, 1.807) is 24.3 Å². The molecule has 0 amide bonds. The Hall–Kier alpha value is -1.03. The van der Waals surface area contributed by atoms with E-state index in [9.17, 15) is 8.42 Å². The molecular weight excluding hydrogens is 304 g/mol. The minimum atomic E-state index is -3.29. The highest BCUT2D eigenvalue weighted by atomic mass is 32.2. The van der Waals surface area contributed by atoms with Gasteiger partial charge in [0.25, 0.3) is 0 Å². The third kappa shape index (κ3) is 8.10. The van der Waals surface area contributed by atoms with Gasteiger partial charge in [-0.3, -0.25) is 0 Å². The van der Waals surface area contributed by atoms with E-state index in [4.69, 9.17) is 5.26 Å². The number of benzene rings is 1. The fourth-order valence-electron chi connectivity index (χ4n) is 1.90. The lowest BCUT2D eigenvalue weighted by Gasteiger charge is -2.07. The molecule has 0 unspecified atom stereocenters. The highest BCUT2D eigenvalue weighted by molar-refractivity contribution is 7.98. The first-order valence-corrected chi connectivity index (χ1v) is 10.1. The van der Waals surface area contributed by atoms with Crippen molar-refractivity contribution in [1.82, 2.24) is 4.72 Å². The number of nitrogens with zero attached hydrogens (tertiary/aromatic N) is 1. The van der Waals surface area contributed by atoms with Crippen molar-refractivity contribution in [2.75, 3.05) is 18.6 Å². The predicted molar refractivity (Wildman–Crippen MR) is 88.6 cm³/mol. The maximum Gasteiger partial charge on any atom is 0.215 e. The van der Waals surface area contributed by atoms with Crippen molar-refractivity contribution in [3.05, 3.63) is 35.4 Å². The van der Waals surface area contributed by atoms with Gasteiger partial charge in [0.2, 0.25) is 10.0 Å². The summed E-state index contributed by atoms with van der Waals surface area (Å²) < 4.78 is 26.4. The largest absolute Gasteiger partial charge is 0.215 e. The summed E-state index contributed by atoms with van der Waals surface area (Å²) in [7, 11) is -3.29. The zero-order valence-electron chi connectivity index (χ0n) is 12.3. The standard InChI is InChI=1S/C15H22N2O2S2/c1-20-11-5-3-2-4-10-17-21(18,19)13-15-8-6-14(12-16)7-9-15/h6-9,17H,2-5,10-11,13H2,1H3. The van der Waals surface area contributed by atoms with E-state index in [2.05, 4.69) is 11.0 Å². The molecule has 0 fully saturated rings. The van der Waals surface area contributed by atoms with Crippen LogP contribution in [-0.4, -0.2) is 27.0 Å². The summed E-state index contributed by atoms with van der Waals surface area (Å²) in [5.74, 6) is 1.13. The van der Waals surface area contributed by atoms with Crippen LogP contribution in [0.15, 0.2) is 24.3 Å². The molecule has 6 heteroatoms. The van der Waals surface area contributed by atoms with Crippen molar-refractivity contribution in [3.63, 3.8) is 0 Å². The molecule has 0 heterocycles. The van der Waals surface area contributed by atoms with Crippen LogP contribution in [0.5, 0.6) is 0 Å². The van der Waals surface area contributed by atoms with Crippen LogP contribution in [0.25, 0.3) is 0 Å². The van der Waals surface area contributed by atoms with Crippen LogP contribution in [0.3, 0.4) is 0 Å². The Morgan fingerprint density at radius 2 is 1.81 bits per heavy atom. The normalized spacial score (nSPS) is 11.2. The minimum Gasteiger partial charge on any atom is -0.215 e. The molecule has 4 nitrogen and oxygen atoms in total. The highest BCUT2D eigenvalue weighted by Gasteiger charge is 2.10. The monoisotopic (exact) mass is 326 g/mol. The number of hydrogen-bond donors (Lipinski definition) is 1. The number of unbranched alkanes of at least 4 members (excludes halogenated alkanes) is 3. The highest BCUT2D eigenvalue weighted by Crippen LogP contribution is 2.08. The molecule has 0 saturated heterocycles. The van der Waals surface area contributed by atoms with Crippen LogP contribution in [0, 0.1) is 11.3 Å². The Morgan fingerprint density at radius 1 is 1.14 bits per heavy atom. The molecule has 0 aliphatic rings. The molecule has 0 saturated carbocycles. The summed E-state index contributed by atoms with van der Waals surface area (Å²) in [6, 6.07) is 8.65. The molecule has 116 valence electrons. The second kappa shape index (κ2) is 9.82. The third-order valence-electron chi connectivity index (χ3n) is 3.04. The number of hydrogen-bond acceptors (Lipinski definition) is 4. The molecular formula is C15H22N2O2S2. The summed E-state index contributed by atoms with van der Waals surface area (Å²) in [5.41, 5.74) is 1.23. The molecule has 21 heavy (non-hydrogen) atoms. The second-order valence-corrected chi connectivity index (χ2v) is 7.66. The summed E-state index contributed by atoms with van der Waals surface area (Å²) in [6.45, 7) is 0.498. The second-order valence-electron chi connectivity index (χ2n) is 4.87. The van der Waals surface area contributed by atoms with Gasteiger partial charge >= 0.3 is 0 Å². The van der Waals surface area contributed by atoms with E-state index in [1.807, 2.05) is 17.8 Å². The van der Waals surface area contributed by atoms with Crippen molar-refractivity contribution < 1.29 is 8.42 Å². The van der Waals surface area contributed by atoms with E-state index in [1.165, 1.54) is 12.2 Å². The average Bonchev–Trinajstić information content (AvgIpc) is 2.46. The minimum absolute atomic E-state index is 0.0365. The van der Waals surface area contributed by atoms with Crippen molar-refractivity contribution in [3.8, 4) is 6.07 Å². The average molecular weight is 326 g/mol. The van der Waals surface area contributed by atoms with Gasteiger partial charge in [0.15, 0.2) is 0 Å². The van der Waals surface area contributed by atoms with Gasteiger partial charge in [0.1, 0.15) is 0 Å². The number of nitrogens with one attached hydrogen (secondary N) is 1. The maximum absolute atomic E-state index is 11.9. The van der Waals surface area contributed by atoms with E-state index in [-0.39, 0.29) is 5.75 Å². The van der Waals surface area contributed by atoms with Gasteiger partial charge < -0.3 is 0 Å². The summed E-state index contributed by atoms with van der Waals surface area (Å²) >= 11 is 1.84.